The second kappa shape index (κ2) is 8.78. The minimum Gasteiger partial charge on any atom is -0.348 e. The molecule has 1 fully saturated rings. The van der Waals surface area contributed by atoms with Crippen LogP contribution in [0.25, 0.3) is 0 Å². The first-order valence-electron chi connectivity index (χ1n) is 10.0. The molecule has 0 spiro atoms. The van der Waals surface area contributed by atoms with Crippen LogP contribution in [0.2, 0.25) is 5.02 Å². The van der Waals surface area contributed by atoms with Crippen LogP contribution >= 0.6 is 11.6 Å². The third-order valence-electron chi connectivity index (χ3n) is 5.67. The molecule has 0 saturated carbocycles. The number of fused-ring (bicyclic) bond motifs is 1. The van der Waals surface area contributed by atoms with Crippen molar-refractivity contribution < 1.29 is 32.0 Å². The number of carbonyl (C=O) groups excluding carboxylic acids is 4. The van der Waals surface area contributed by atoms with Crippen LogP contribution in [0.5, 0.6) is 0 Å². The molecule has 2 aliphatic rings. The van der Waals surface area contributed by atoms with Gasteiger partial charge >= 0.3 is 0 Å². The molecule has 1 atom stereocenters. The minimum atomic E-state index is -4.15. The number of imide groups is 1. The standard InChI is InChI=1S/C21H18ClFN4O6S/c22-14-4-2-10(7-16(14)34(24,32)33)19(29)25-8-11-1-3-12-13(18(11)23)9-27(21(12)31)15-5-6-17(28)26-20(15)30/h1-4,7,15H,5-6,8-9H2,(H,25,29)(H2,24,32,33)(H,26,28,30). The number of hydrogen-bond acceptors (Lipinski definition) is 6. The van der Waals surface area contributed by atoms with E-state index >= 15 is 4.39 Å². The quantitative estimate of drug-likeness (QED) is 0.508. The number of piperidine rings is 1. The van der Waals surface area contributed by atoms with Gasteiger partial charge in [0.25, 0.3) is 11.8 Å². The summed E-state index contributed by atoms with van der Waals surface area (Å²) >= 11 is 5.82. The Labute approximate surface area is 198 Å². The number of benzene rings is 2. The summed E-state index contributed by atoms with van der Waals surface area (Å²) in [5, 5.41) is 9.61. The summed E-state index contributed by atoms with van der Waals surface area (Å²) in [6.45, 7) is -0.402. The smallest absolute Gasteiger partial charge is 0.255 e. The van der Waals surface area contributed by atoms with Crippen molar-refractivity contribution in [1.82, 2.24) is 15.5 Å². The Bertz CT molecular complexity index is 1360. The molecular formula is C21H18ClFN4O6S. The molecule has 2 aromatic rings. The number of nitrogens with two attached hydrogens (primary N) is 1. The highest BCUT2D eigenvalue weighted by Gasteiger charge is 2.40. The van der Waals surface area contributed by atoms with Crippen LogP contribution < -0.4 is 15.8 Å². The summed E-state index contributed by atoms with van der Waals surface area (Å²) in [5.74, 6) is -2.95. The van der Waals surface area contributed by atoms with Crippen LogP contribution in [-0.2, 0) is 32.7 Å². The zero-order valence-corrected chi connectivity index (χ0v) is 19.0. The third kappa shape index (κ3) is 4.39. The number of carbonyl (C=O) groups is 4. The van der Waals surface area contributed by atoms with E-state index in [1.54, 1.807) is 0 Å². The van der Waals surface area contributed by atoms with Gasteiger partial charge in [0.1, 0.15) is 16.8 Å². The predicted molar refractivity (Wildman–Crippen MR) is 116 cm³/mol. The van der Waals surface area contributed by atoms with Crippen molar-refractivity contribution in [2.75, 3.05) is 0 Å². The molecule has 2 aliphatic heterocycles. The summed E-state index contributed by atoms with van der Waals surface area (Å²) in [4.78, 5) is 49.5. The molecule has 0 bridgehead atoms. The number of nitrogens with zero attached hydrogens (tertiary/aromatic N) is 1. The van der Waals surface area contributed by atoms with Gasteiger partial charge in [0.05, 0.1) is 11.6 Å². The van der Waals surface area contributed by atoms with Crippen molar-refractivity contribution >= 4 is 45.3 Å². The molecule has 4 N–H and O–H groups in total. The molecule has 0 aromatic heterocycles. The highest BCUT2D eigenvalue weighted by molar-refractivity contribution is 7.89. The number of nitrogens with one attached hydrogen (secondary N) is 2. The van der Waals surface area contributed by atoms with E-state index in [9.17, 15) is 27.6 Å². The first-order chi connectivity index (χ1) is 16.0. The van der Waals surface area contributed by atoms with E-state index in [1.807, 2.05) is 0 Å². The van der Waals surface area contributed by atoms with E-state index < -0.39 is 50.4 Å². The average Bonchev–Trinajstić information content (AvgIpc) is 3.09. The van der Waals surface area contributed by atoms with E-state index in [0.717, 1.165) is 6.07 Å². The molecule has 0 aliphatic carbocycles. The molecule has 4 amide bonds. The lowest BCUT2D eigenvalue weighted by Crippen LogP contribution is -2.52. The largest absolute Gasteiger partial charge is 0.348 e. The normalized spacial score (nSPS) is 18.0. The van der Waals surface area contributed by atoms with Crippen LogP contribution in [-0.4, -0.2) is 43.0 Å². The monoisotopic (exact) mass is 508 g/mol. The molecule has 13 heteroatoms. The molecule has 4 rings (SSSR count). The summed E-state index contributed by atoms with van der Waals surface area (Å²) in [6, 6.07) is 5.40. The average molecular weight is 509 g/mol. The maximum atomic E-state index is 15.2. The van der Waals surface area contributed by atoms with Gasteiger partial charge in [-0.3, -0.25) is 24.5 Å². The van der Waals surface area contributed by atoms with E-state index in [2.05, 4.69) is 10.6 Å². The molecule has 178 valence electrons. The van der Waals surface area contributed by atoms with Crippen molar-refractivity contribution in [3.05, 3.63) is 63.4 Å². The molecule has 1 saturated heterocycles. The van der Waals surface area contributed by atoms with Crippen molar-refractivity contribution in [1.29, 1.82) is 0 Å². The number of amides is 4. The van der Waals surface area contributed by atoms with E-state index in [4.69, 9.17) is 16.7 Å². The highest BCUT2D eigenvalue weighted by Crippen LogP contribution is 2.31. The molecule has 2 heterocycles. The van der Waals surface area contributed by atoms with Crippen molar-refractivity contribution in [3.8, 4) is 0 Å². The summed E-state index contributed by atoms with van der Waals surface area (Å²) in [7, 11) is -4.15. The maximum Gasteiger partial charge on any atom is 0.255 e. The van der Waals surface area contributed by atoms with Gasteiger partial charge in [0, 0.05) is 35.2 Å². The Kier molecular flexibility index (Phi) is 6.14. The van der Waals surface area contributed by atoms with Gasteiger partial charge in [-0.05, 0) is 30.7 Å². The van der Waals surface area contributed by atoms with Gasteiger partial charge in [-0.15, -0.1) is 0 Å². The second-order valence-electron chi connectivity index (χ2n) is 7.84. The Hall–Kier alpha value is -3.35. The van der Waals surface area contributed by atoms with E-state index in [-0.39, 0.29) is 53.2 Å². The Balaban J connectivity index is 1.50. The second-order valence-corrected chi connectivity index (χ2v) is 9.77. The molecule has 10 nitrogen and oxygen atoms in total. The van der Waals surface area contributed by atoms with Crippen LogP contribution in [0.4, 0.5) is 4.39 Å². The van der Waals surface area contributed by atoms with Crippen LogP contribution in [0.3, 0.4) is 0 Å². The number of primary sulfonamides is 1. The Morgan fingerprint density at radius 2 is 1.97 bits per heavy atom. The molecule has 2 aromatic carbocycles. The zero-order valence-electron chi connectivity index (χ0n) is 17.4. The van der Waals surface area contributed by atoms with Crippen molar-refractivity contribution in [2.24, 2.45) is 5.14 Å². The van der Waals surface area contributed by atoms with E-state index in [1.165, 1.54) is 29.2 Å². The molecule has 34 heavy (non-hydrogen) atoms. The van der Waals surface area contributed by atoms with Crippen molar-refractivity contribution in [3.63, 3.8) is 0 Å². The first kappa shape index (κ1) is 23.8. The van der Waals surface area contributed by atoms with E-state index in [0.29, 0.717) is 0 Å². The van der Waals surface area contributed by atoms with Gasteiger partial charge in [-0.1, -0.05) is 17.7 Å². The lowest BCUT2D eigenvalue weighted by molar-refractivity contribution is -0.136. The number of sulfonamides is 1. The molecular weight excluding hydrogens is 491 g/mol. The number of rotatable bonds is 5. The highest BCUT2D eigenvalue weighted by atomic mass is 35.5. The fourth-order valence-electron chi connectivity index (χ4n) is 3.93. The topological polar surface area (TPSA) is 156 Å². The Morgan fingerprint density at radius 3 is 2.65 bits per heavy atom. The first-order valence-corrected chi connectivity index (χ1v) is 11.9. The van der Waals surface area contributed by atoms with Gasteiger partial charge in [0.15, 0.2) is 0 Å². The maximum absolute atomic E-state index is 15.2. The lowest BCUT2D eigenvalue weighted by atomic mass is 10.0. The van der Waals surface area contributed by atoms with Gasteiger partial charge in [-0.25, -0.2) is 17.9 Å². The third-order valence-corrected chi connectivity index (χ3v) is 7.06. The minimum absolute atomic E-state index is 0.0470. The fourth-order valence-corrected chi connectivity index (χ4v) is 5.00. The van der Waals surface area contributed by atoms with Crippen LogP contribution in [0, 0.1) is 5.82 Å². The van der Waals surface area contributed by atoms with Gasteiger partial charge < -0.3 is 10.2 Å². The van der Waals surface area contributed by atoms with Crippen molar-refractivity contribution in [2.45, 2.75) is 36.9 Å². The van der Waals surface area contributed by atoms with Gasteiger partial charge in [0.2, 0.25) is 21.8 Å². The fraction of sp³-hybridized carbons (Fsp3) is 0.238. The number of halogens is 2. The SMILES string of the molecule is NS(=O)(=O)c1cc(C(=O)NCc2ccc3c(c2F)CN(C2CCC(=O)NC2=O)C3=O)ccc1Cl. The van der Waals surface area contributed by atoms with Crippen LogP contribution in [0.1, 0.15) is 44.7 Å². The predicted octanol–water partition coefficient (Wildman–Crippen LogP) is 0.818. The lowest BCUT2D eigenvalue weighted by Gasteiger charge is -2.29. The molecule has 1 unspecified atom stereocenters. The summed E-state index contributed by atoms with van der Waals surface area (Å²) in [6.07, 6.45) is 0.227. The zero-order chi connectivity index (χ0) is 24.8. The van der Waals surface area contributed by atoms with Crippen LogP contribution in [0.15, 0.2) is 35.2 Å². The van der Waals surface area contributed by atoms with Gasteiger partial charge in [-0.2, -0.15) is 0 Å². The Morgan fingerprint density at radius 1 is 1.24 bits per heavy atom. The number of hydrogen-bond donors (Lipinski definition) is 3. The summed E-state index contributed by atoms with van der Waals surface area (Å²) in [5.41, 5.74) is 0.233. The summed E-state index contributed by atoms with van der Waals surface area (Å²) < 4.78 is 38.4. The molecule has 0 radical (unpaired) electrons.